The predicted molar refractivity (Wildman–Crippen MR) is 74.4 cm³/mol. The zero-order valence-corrected chi connectivity index (χ0v) is 11.1. The number of phenols is 1. The molecule has 0 fully saturated rings. The molecule has 0 aliphatic rings. The van der Waals surface area contributed by atoms with Crippen LogP contribution in [0.25, 0.3) is 0 Å². The van der Waals surface area contributed by atoms with E-state index in [1.54, 1.807) is 26.2 Å². The second kappa shape index (κ2) is 5.33. The predicted octanol–water partition coefficient (Wildman–Crippen LogP) is 2.85. The molecule has 0 radical (unpaired) electrons. The van der Waals surface area contributed by atoms with Crippen molar-refractivity contribution in [3.8, 4) is 11.5 Å². The van der Waals surface area contributed by atoms with E-state index < -0.39 is 5.60 Å². The molecular formula is C16H18O3. The molecule has 0 saturated heterocycles. The highest BCUT2D eigenvalue weighted by atomic mass is 16.5. The van der Waals surface area contributed by atoms with Gasteiger partial charge in [-0.1, -0.05) is 24.3 Å². The van der Waals surface area contributed by atoms with Gasteiger partial charge in [-0.3, -0.25) is 0 Å². The third-order valence-corrected chi connectivity index (χ3v) is 3.20. The van der Waals surface area contributed by atoms with Crippen molar-refractivity contribution in [2.45, 2.75) is 18.9 Å². The fourth-order valence-electron chi connectivity index (χ4n) is 2.06. The van der Waals surface area contributed by atoms with Crippen molar-refractivity contribution < 1.29 is 14.9 Å². The van der Waals surface area contributed by atoms with E-state index in [4.69, 9.17) is 4.74 Å². The molecule has 0 spiro atoms. The molecular weight excluding hydrogens is 240 g/mol. The Labute approximate surface area is 113 Å². The number of hydrogen-bond acceptors (Lipinski definition) is 3. The van der Waals surface area contributed by atoms with E-state index in [0.717, 1.165) is 16.9 Å². The lowest BCUT2D eigenvalue weighted by atomic mass is 9.89. The van der Waals surface area contributed by atoms with E-state index in [1.165, 1.54) is 0 Å². The van der Waals surface area contributed by atoms with Gasteiger partial charge in [0.15, 0.2) is 0 Å². The monoisotopic (exact) mass is 258 g/mol. The maximum absolute atomic E-state index is 10.6. The molecule has 2 N–H and O–H groups in total. The Hall–Kier alpha value is -2.00. The molecule has 3 heteroatoms. The fraction of sp³-hybridized carbons (Fsp3) is 0.250. The molecule has 19 heavy (non-hydrogen) atoms. The van der Waals surface area contributed by atoms with Crippen LogP contribution in [0.15, 0.2) is 48.5 Å². The summed E-state index contributed by atoms with van der Waals surface area (Å²) >= 11 is 0. The van der Waals surface area contributed by atoms with Gasteiger partial charge in [0, 0.05) is 6.42 Å². The Morgan fingerprint density at radius 3 is 2.11 bits per heavy atom. The summed E-state index contributed by atoms with van der Waals surface area (Å²) in [4.78, 5) is 0. The summed E-state index contributed by atoms with van der Waals surface area (Å²) in [5, 5.41) is 19.8. The maximum Gasteiger partial charge on any atom is 0.118 e. The summed E-state index contributed by atoms with van der Waals surface area (Å²) in [6.45, 7) is 1.78. The minimum absolute atomic E-state index is 0.229. The highest BCUT2D eigenvalue weighted by Crippen LogP contribution is 2.27. The van der Waals surface area contributed by atoms with Gasteiger partial charge in [0.2, 0.25) is 0 Å². The van der Waals surface area contributed by atoms with E-state index in [9.17, 15) is 10.2 Å². The number of aliphatic hydroxyl groups is 1. The van der Waals surface area contributed by atoms with E-state index in [1.807, 2.05) is 36.4 Å². The lowest BCUT2D eigenvalue weighted by Crippen LogP contribution is -2.24. The summed E-state index contributed by atoms with van der Waals surface area (Å²) in [5.74, 6) is 0.997. The van der Waals surface area contributed by atoms with E-state index in [0.29, 0.717) is 6.42 Å². The van der Waals surface area contributed by atoms with Gasteiger partial charge < -0.3 is 14.9 Å². The van der Waals surface area contributed by atoms with Crippen LogP contribution in [-0.4, -0.2) is 17.3 Å². The Balaban J connectivity index is 2.18. The molecule has 0 bridgehead atoms. The Bertz CT molecular complexity index is 527. The number of methoxy groups -OCH3 is 1. The lowest BCUT2D eigenvalue weighted by molar-refractivity contribution is 0.0575. The first kappa shape index (κ1) is 13.4. The van der Waals surface area contributed by atoms with Gasteiger partial charge in [-0.15, -0.1) is 0 Å². The molecule has 0 saturated carbocycles. The zero-order valence-electron chi connectivity index (χ0n) is 11.1. The van der Waals surface area contributed by atoms with Crippen LogP contribution < -0.4 is 4.74 Å². The third kappa shape index (κ3) is 3.26. The van der Waals surface area contributed by atoms with Crippen LogP contribution in [-0.2, 0) is 12.0 Å². The van der Waals surface area contributed by atoms with E-state index >= 15 is 0 Å². The van der Waals surface area contributed by atoms with Gasteiger partial charge in [-0.25, -0.2) is 0 Å². The molecule has 1 unspecified atom stereocenters. The summed E-state index contributed by atoms with van der Waals surface area (Å²) in [5.41, 5.74) is 0.850. The first-order valence-corrected chi connectivity index (χ1v) is 6.16. The average Bonchev–Trinajstić information content (AvgIpc) is 2.41. The van der Waals surface area contributed by atoms with Crippen molar-refractivity contribution in [2.75, 3.05) is 7.11 Å². The molecule has 2 aromatic rings. The van der Waals surface area contributed by atoms with Crippen LogP contribution in [0.2, 0.25) is 0 Å². The van der Waals surface area contributed by atoms with Crippen LogP contribution in [0, 0.1) is 0 Å². The number of ether oxygens (including phenoxy) is 1. The maximum atomic E-state index is 10.6. The number of benzene rings is 2. The lowest BCUT2D eigenvalue weighted by Gasteiger charge is -2.24. The Morgan fingerprint density at radius 2 is 1.58 bits per heavy atom. The number of rotatable bonds is 4. The average molecular weight is 258 g/mol. The first-order chi connectivity index (χ1) is 9.01. The summed E-state index contributed by atoms with van der Waals surface area (Å²) in [6, 6.07) is 14.3. The molecule has 3 nitrogen and oxygen atoms in total. The summed E-state index contributed by atoms with van der Waals surface area (Å²) in [7, 11) is 1.61. The number of hydrogen-bond donors (Lipinski definition) is 2. The summed E-state index contributed by atoms with van der Waals surface area (Å²) in [6.07, 6.45) is 0.486. The topological polar surface area (TPSA) is 49.7 Å². The van der Waals surface area contributed by atoms with Gasteiger partial charge in [-0.2, -0.15) is 0 Å². The SMILES string of the molecule is COc1ccc(C(C)(O)Cc2ccc(O)cc2)cc1. The molecule has 0 aliphatic heterocycles. The minimum atomic E-state index is -0.955. The first-order valence-electron chi connectivity index (χ1n) is 6.16. The standard InChI is InChI=1S/C16H18O3/c1-16(18,11-12-3-7-14(17)8-4-12)13-5-9-15(19-2)10-6-13/h3-10,17-18H,11H2,1-2H3. The molecule has 0 amide bonds. The van der Waals surface area contributed by atoms with Gasteiger partial charge in [0.1, 0.15) is 11.5 Å². The van der Waals surface area contributed by atoms with Crippen molar-refractivity contribution in [1.29, 1.82) is 0 Å². The van der Waals surface area contributed by atoms with Crippen LogP contribution in [0.5, 0.6) is 11.5 Å². The van der Waals surface area contributed by atoms with Crippen LogP contribution in [0.4, 0.5) is 0 Å². The zero-order chi connectivity index (χ0) is 13.9. The fourth-order valence-corrected chi connectivity index (χ4v) is 2.06. The quantitative estimate of drug-likeness (QED) is 0.886. The second-order valence-corrected chi connectivity index (χ2v) is 4.85. The van der Waals surface area contributed by atoms with Gasteiger partial charge in [0.05, 0.1) is 12.7 Å². The van der Waals surface area contributed by atoms with Crippen LogP contribution >= 0.6 is 0 Å². The molecule has 1 atom stereocenters. The van der Waals surface area contributed by atoms with E-state index in [-0.39, 0.29) is 5.75 Å². The molecule has 2 rings (SSSR count). The van der Waals surface area contributed by atoms with Gasteiger partial charge in [0.25, 0.3) is 0 Å². The summed E-state index contributed by atoms with van der Waals surface area (Å²) < 4.78 is 5.10. The smallest absolute Gasteiger partial charge is 0.118 e. The number of phenolic OH excluding ortho intramolecular Hbond substituents is 1. The van der Waals surface area contributed by atoms with E-state index in [2.05, 4.69) is 0 Å². The van der Waals surface area contributed by atoms with Crippen molar-refractivity contribution in [1.82, 2.24) is 0 Å². The van der Waals surface area contributed by atoms with Gasteiger partial charge in [-0.05, 0) is 42.3 Å². The highest BCUT2D eigenvalue weighted by Gasteiger charge is 2.23. The molecule has 0 aromatic heterocycles. The van der Waals surface area contributed by atoms with Crippen molar-refractivity contribution in [3.05, 3.63) is 59.7 Å². The van der Waals surface area contributed by atoms with Crippen molar-refractivity contribution in [2.24, 2.45) is 0 Å². The van der Waals surface area contributed by atoms with Crippen LogP contribution in [0.3, 0.4) is 0 Å². The molecule has 100 valence electrons. The molecule has 2 aromatic carbocycles. The molecule has 0 heterocycles. The van der Waals surface area contributed by atoms with Crippen molar-refractivity contribution in [3.63, 3.8) is 0 Å². The molecule has 0 aliphatic carbocycles. The minimum Gasteiger partial charge on any atom is -0.508 e. The highest BCUT2D eigenvalue weighted by molar-refractivity contribution is 5.33. The largest absolute Gasteiger partial charge is 0.508 e. The second-order valence-electron chi connectivity index (χ2n) is 4.85. The number of aromatic hydroxyl groups is 1. The Morgan fingerprint density at radius 1 is 1.00 bits per heavy atom. The third-order valence-electron chi connectivity index (χ3n) is 3.20. The van der Waals surface area contributed by atoms with Crippen LogP contribution in [0.1, 0.15) is 18.1 Å². The Kier molecular flexibility index (Phi) is 3.76. The van der Waals surface area contributed by atoms with Gasteiger partial charge >= 0.3 is 0 Å². The van der Waals surface area contributed by atoms with Crippen molar-refractivity contribution >= 4 is 0 Å². The normalized spacial score (nSPS) is 13.8.